The van der Waals surface area contributed by atoms with Gasteiger partial charge in [-0.3, -0.25) is 9.59 Å². The van der Waals surface area contributed by atoms with Crippen molar-refractivity contribution in [1.82, 2.24) is 10.3 Å². The van der Waals surface area contributed by atoms with Crippen LogP contribution >= 0.6 is 0 Å². The van der Waals surface area contributed by atoms with Crippen molar-refractivity contribution < 1.29 is 9.53 Å². The minimum atomic E-state index is -0.265. The van der Waals surface area contributed by atoms with Gasteiger partial charge in [-0.05, 0) is 25.3 Å². The zero-order valence-electron chi connectivity index (χ0n) is 11.7. The first-order valence-electron chi connectivity index (χ1n) is 7.35. The van der Waals surface area contributed by atoms with Gasteiger partial charge in [-0.1, -0.05) is 25.3 Å². The van der Waals surface area contributed by atoms with Crippen LogP contribution in [0, 0.1) is 0 Å². The summed E-state index contributed by atoms with van der Waals surface area (Å²) in [5.41, 5.74) is 0.0315. The molecule has 0 radical (unpaired) electrons. The molecule has 1 aliphatic rings. The lowest BCUT2D eigenvalue weighted by atomic mass is 9.98. The van der Waals surface area contributed by atoms with E-state index in [1.54, 1.807) is 12.1 Å². The molecular formula is C15H22N2O3. The summed E-state index contributed by atoms with van der Waals surface area (Å²) >= 11 is 0. The van der Waals surface area contributed by atoms with Crippen LogP contribution in [0.15, 0.2) is 23.0 Å². The Morgan fingerprint density at radius 3 is 2.85 bits per heavy atom. The molecule has 1 aromatic heterocycles. The summed E-state index contributed by atoms with van der Waals surface area (Å²) in [6, 6.07) is 4.55. The molecule has 0 unspecified atom stereocenters. The van der Waals surface area contributed by atoms with Gasteiger partial charge in [-0.2, -0.15) is 0 Å². The molecule has 110 valence electrons. The van der Waals surface area contributed by atoms with E-state index in [4.69, 9.17) is 4.74 Å². The van der Waals surface area contributed by atoms with E-state index in [1.165, 1.54) is 25.3 Å². The average molecular weight is 278 g/mol. The molecule has 0 atom stereocenters. The molecule has 2 N–H and O–H groups in total. The van der Waals surface area contributed by atoms with E-state index in [9.17, 15) is 9.59 Å². The number of H-pyrrole nitrogens is 1. The minimum absolute atomic E-state index is 0.250. The standard InChI is InChI=1S/C15H22N2O3/c18-14-9-4-8-13(17-14)15(19)16-10-5-11-20-12-6-2-1-3-7-12/h4,8-9,12H,1-3,5-7,10-11H2,(H,16,19)(H,17,18). The summed E-state index contributed by atoms with van der Waals surface area (Å²) < 4.78 is 5.78. The lowest BCUT2D eigenvalue weighted by Gasteiger charge is -2.21. The number of rotatable bonds is 6. The number of pyridine rings is 1. The highest BCUT2D eigenvalue weighted by atomic mass is 16.5. The van der Waals surface area contributed by atoms with E-state index in [0.29, 0.717) is 24.9 Å². The van der Waals surface area contributed by atoms with Gasteiger partial charge in [0.05, 0.1) is 6.10 Å². The first kappa shape index (κ1) is 14.8. The predicted molar refractivity (Wildman–Crippen MR) is 76.8 cm³/mol. The normalized spacial score (nSPS) is 16.0. The van der Waals surface area contributed by atoms with Gasteiger partial charge < -0.3 is 15.0 Å². The second-order valence-corrected chi connectivity index (χ2v) is 5.17. The molecule has 1 aliphatic carbocycles. The van der Waals surface area contributed by atoms with Gasteiger partial charge in [0.2, 0.25) is 5.56 Å². The molecule has 1 amide bonds. The van der Waals surface area contributed by atoms with Crippen LogP contribution in [0.25, 0.3) is 0 Å². The number of hydrogen-bond acceptors (Lipinski definition) is 3. The monoisotopic (exact) mass is 278 g/mol. The number of hydrogen-bond donors (Lipinski definition) is 2. The second-order valence-electron chi connectivity index (χ2n) is 5.17. The van der Waals surface area contributed by atoms with Crippen molar-refractivity contribution in [3.05, 3.63) is 34.2 Å². The van der Waals surface area contributed by atoms with E-state index in [2.05, 4.69) is 10.3 Å². The van der Waals surface area contributed by atoms with Crippen LogP contribution in [0.5, 0.6) is 0 Å². The lowest BCUT2D eigenvalue weighted by molar-refractivity contribution is 0.0273. The Labute approximate surface area is 118 Å². The number of aromatic amines is 1. The summed E-state index contributed by atoms with van der Waals surface area (Å²) in [7, 11) is 0. The summed E-state index contributed by atoms with van der Waals surface area (Å²) in [6.07, 6.45) is 7.38. The van der Waals surface area contributed by atoms with E-state index in [-0.39, 0.29) is 11.5 Å². The highest BCUT2D eigenvalue weighted by Gasteiger charge is 2.13. The lowest BCUT2D eigenvalue weighted by Crippen LogP contribution is -2.28. The van der Waals surface area contributed by atoms with Crippen molar-refractivity contribution in [2.45, 2.75) is 44.6 Å². The Kier molecular flexibility index (Phi) is 5.80. The third-order valence-electron chi connectivity index (χ3n) is 3.53. The number of amides is 1. The van der Waals surface area contributed by atoms with Crippen LogP contribution in [-0.4, -0.2) is 30.1 Å². The van der Waals surface area contributed by atoms with Gasteiger partial charge in [0.15, 0.2) is 0 Å². The van der Waals surface area contributed by atoms with Crippen LogP contribution in [0.3, 0.4) is 0 Å². The molecule has 20 heavy (non-hydrogen) atoms. The van der Waals surface area contributed by atoms with Crippen LogP contribution in [0.2, 0.25) is 0 Å². The van der Waals surface area contributed by atoms with E-state index < -0.39 is 0 Å². The van der Waals surface area contributed by atoms with Crippen molar-refractivity contribution in [2.24, 2.45) is 0 Å². The largest absolute Gasteiger partial charge is 0.378 e. The van der Waals surface area contributed by atoms with Crippen molar-refractivity contribution in [2.75, 3.05) is 13.2 Å². The van der Waals surface area contributed by atoms with E-state index in [0.717, 1.165) is 19.3 Å². The van der Waals surface area contributed by atoms with E-state index in [1.807, 2.05) is 0 Å². The van der Waals surface area contributed by atoms with Gasteiger partial charge in [-0.25, -0.2) is 0 Å². The fraction of sp³-hybridized carbons (Fsp3) is 0.600. The van der Waals surface area contributed by atoms with Crippen molar-refractivity contribution in [3.63, 3.8) is 0 Å². The van der Waals surface area contributed by atoms with Crippen LogP contribution < -0.4 is 10.9 Å². The van der Waals surface area contributed by atoms with Crippen LogP contribution in [0.4, 0.5) is 0 Å². The first-order chi connectivity index (χ1) is 9.75. The maximum absolute atomic E-state index is 11.7. The zero-order chi connectivity index (χ0) is 14.2. The molecule has 5 heteroatoms. The molecule has 0 aromatic carbocycles. The minimum Gasteiger partial charge on any atom is -0.378 e. The molecular weight excluding hydrogens is 256 g/mol. The number of ether oxygens (including phenoxy) is 1. The summed E-state index contributed by atoms with van der Waals surface area (Å²) in [4.78, 5) is 25.3. The van der Waals surface area contributed by atoms with Gasteiger partial charge in [0.1, 0.15) is 5.69 Å². The molecule has 1 fully saturated rings. The molecule has 1 aromatic rings. The summed E-state index contributed by atoms with van der Waals surface area (Å²) in [5.74, 6) is -0.250. The molecule has 0 bridgehead atoms. The van der Waals surface area contributed by atoms with Crippen molar-refractivity contribution in [1.29, 1.82) is 0 Å². The average Bonchev–Trinajstić information content (AvgIpc) is 2.48. The van der Waals surface area contributed by atoms with Gasteiger partial charge in [0, 0.05) is 19.2 Å². The predicted octanol–water partition coefficient (Wildman–Crippen LogP) is 1.84. The first-order valence-corrected chi connectivity index (χ1v) is 7.35. The third kappa shape index (κ3) is 4.81. The van der Waals surface area contributed by atoms with Gasteiger partial charge in [-0.15, -0.1) is 0 Å². The SMILES string of the molecule is O=C(NCCCOC1CCCCC1)c1cccc(=O)[nH]1. The molecule has 0 aliphatic heterocycles. The molecule has 2 rings (SSSR count). The molecule has 1 heterocycles. The Balaban J connectivity index is 1.61. The fourth-order valence-corrected chi connectivity index (χ4v) is 2.43. The highest BCUT2D eigenvalue weighted by molar-refractivity contribution is 5.92. The Morgan fingerprint density at radius 1 is 1.30 bits per heavy atom. The summed E-state index contributed by atoms with van der Waals surface area (Å²) in [5, 5.41) is 2.77. The Bertz CT molecular complexity index is 478. The fourth-order valence-electron chi connectivity index (χ4n) is 2.43. The zero-order valence-corrected chi connectivity index (χ0v) is 11.7. The van der Waals surface area contributed by atoms with Crippen LogP contribution in [-0.2, 0) is 4.74 Å². The van der Waals surface area contributed by atoms with Crippen molar-refractivity contribution in [3.8, 4) is 0 Å². The number of carbonyl (C=O) groups is 1. The maximum Gasteiger partial charge on any atom is 0.267 e. The maximum atomic E-state index is 11.7. The molecule has 0 spiro atoms. The van der Waals surface area contributed by atoms with Gasteiger partial charge in [0.25, 0.3) is 5.91 Å². The van der Waals surface area contributed by atoms with E-state index >= 15 is 0 Å². The molecule has 1 saturated carbocycles. The molecule has 5 nitrogen and oxygen atoms in total. The quantitative estimate of drug-likeness (QED) is 0.780. The summed E-state index contributed by atoms with van der Waals surface area (Å²) in [6.45, 7) is 1.23. The number of carbonyl (C=O) groups excluding carboxylic acids is 1. The number of nitrogens with one attached hydrogen (secondary N) is 2. The second kappa shape index (κ2) is 7.85. The van der Waals surface area contributed by atoms with Gasteiger partial charge >= 0.3 is 0 Å². The Hall–Kier alpha value is -1.62. The molecule has 0 saturated heterocycles. The van der Waals surface area contributed by atoms with Crippen LogP contribution in [0.1, 0.15) is 49.0 Å². The topological polar surface area (TPSA) is 71.2 Å². The van der Waals surface area contributed by atoms with Crippen molar-refractivity contribution >= 4 is 5.91 Å². The smallest absolute Gasteiger partial charge is 0.267 e. The third-order valence-corrected chi connectivity index (χ3v) is 3.53. The number of aromatic nitrogens is 1. The Morgan fingerprint density at radius 2 is 2.10 bits per heavy atom. The highest BCUT2D eigenvalue weighted by Crippen LogP contribution is 2.20.